The number of halogens is 1. The quantitative estimate of drug-likeness (QED) is 0.525. The molecule has 0 bridgehead atoms. The van der Waals surface area contributed by atoms with Crippen LogP contribution in [0.4, 0.5) is 4.39 Å². The molecule has 0 aromatic heterocycles. The molecule has 6 heteroatoms. The maximum absolute atomic E-state index is 13.3. The molecule has 0 aliphatic carbocycles. The fraction of sp³-hybridized carbons (Fsp3) is 0.231. The molecule has 1 N–H and O–H groups in total. The van der Waals surface area contributed by atoms with Crippen molar-refractivity contribution in [1.82, 2.24) is 10.2 Å². The highest BCUT2D eigenvalue weighted by Crippen LogP contribution is 2.16. The van der Waals surface area contributed by atoms with E-state index >= 15 is 0 Å². The van der Waals surface area contributed by atoms with Gasteiger partial charge in [-0.25, -0.2) is 4.39 Å². The van der Waals surface area contributed by atoms with Gasteiger partial charge in [0.1, 0.15) is 17.6 Å². The molecule has 0 radical (unpaired) electrons. The molecular weight excluding hydrogens is 407 g/mol. The van der Waals surface area contributed by atoms with Gasteiger partial charge in [-0.2, -0.15) is 0 Å². The molecule has 3 aromatic rings. The lowest BCUT2D eigenvalue weighted by Crippen LogP contribution is -2.51. The van der Waals surface area contributed by atoms with E-state index in [9.17, 15) is 14.0 Å². The van der Waals surface area contributed by atoms with E-state index in [4.69, 9.17) is 4.74 Å². The van der Waals surface area contributed by atoms with Crippen molar-refractivity contribution in [3.05, 3.63) is 102 Å². The zero-order chi connectivity index (χ0) is 22.8. The van der Waals surface area contributed by atoms with Gasteiger partial charge in [0.25, 0.3) is 5.91 Å². The molecular formula is C26H27FN2O3. The number of carbonyl (C=O) groups excluding carboxylic acids is 2. The molecule has 0 aliphatic heterocycles. The van der Waals surface area contributed by atoms with E-state index in [-0.39, 0.29) is 30.8 Å². The van der Waals surface area contributed by atoms with Crippen molar-refractivity contribution in [2.24, 2.45) is 0 Å². The molecule has 0 unspecified atom stereocenters. The number of hydrogen-bond acceptors (Lipinski definition) is 3. The van der Waals surface area contributed by atoms with Gasteiger partial charge >= 0.3 is 0 Å². The third-order valence-corrected chi connectivity index (χ3v) is 4.99. The molecule has 0 spiro atoms. The van der Waals surface area contributed by atoms with E-state index < -0.39 is 6.04 Å². The van der Waals surface area contributed by atoms with E-state index in [0.717, 1.165) is 11.1 Å². The summed E-state index contributed by atoms with van der Waals surface area (Å²) in [6, 6.07) is 23.9. The zero-order valence-electron chi connectivity index (χ0n) is 18.0. The van der Waals surface area contributed by atoms with Gasteiger partial charge in [0.15, 0.2) is 6.61 Å². The molecule has 3 rings (SSSR count). The Bertz CT molecular complexity index is 995. The van der Waals surface area contributed by atoms with Gasteiger partial charge < -0.3 is 15.0 Å². The van der Waals surface area contributed by atoms with Gasteiger partial charge in [0.05, 0.1) is 0 Å². The van der Waals surface area contributed by atoms with E-state index in [1.54, 1.807) is 4.90 Å². The van der Waals surface area contributed by atoms with Crippen molar-refractivity contribution < 1.29 is 18.7 Å². The van der Waals surface area contributed by atoms with Crippen LogP contribution < -0.4 is 10.1 Å². The topological polar surface area (TPSA) is 58.6 Å². The second-order valence-electron chi connectivity index (χ2n) is 7.35. The molecule has 2 amide bonds. The van der Waals surface area contributed by atoms with Crippen molar-refractivity contribution in [2.75, 3.05) is 13.2 Å². The van der Waals surface area contributed by atoms with Crippen LogP contribution in [0.1, 0.15) is 18.1 Å². The molecule has 0 saturated carbocycles. The summed E-state index contributed by atoms with van der Waals surface area (Å²) in [6.45, 7) is 2.31. The predicted octanol–water partition coefficient (Wildman–Crippen LogP) is 3.98. The molecule has 0 aliphatic rings. The van der Waals surface area contributed by atoms with Crippen molar-refractivity contribution in [3.8, 4) is 5.75 Å². The molecule has 5 nitrogen and oxygen atoms in total. The largest absolute Gasteiger partial charge is 0.484 e. The number of carbonyl (C=O) groups is 2. The van der Waals surface area contributed by atoms with Crippen LogP contribution in [0.15, 0.2) is 84.9 Å². The number of rotatable bonds is 10. The van der Waals surface area contributed by atoms with Crippen LogP contribution in [-0.2, 0) is 22.6 Å². The summed E-state index contributed by atoms with van der Waals surface area (Å²) in [5.41, 5.74) is 1.86. The monoisotopic (exact) mass is 434 g/mol. The van der Waals surface area contributed by atoms with Gasteiger partial charge in [-0.1, -0.05) is 60.7 Å². The Labute approximate surface area is 187 Å². The van der Waals surface area contributed by atoms with Crippen LogP contribution in [0.25, 0.3) is 0 Å². The Hall–Kier alpha value is -3.67. The summed E-state index contributed by atoms with van der Waals surface area (Å²) in [5.74, 6) is -0.543. The minimum atomic E-state index is -0.707. The summed E-state index contributed by atoms with van der Waals surface area (Å²) < 4.78 is 18.7. The first-order valence-corrected chi connectivity index (χ1v) is 10.6. The zero-order valence-corrected chi connectivity index (χ0v) is 18.0. The molecule has 32 heavy (non-hydrogen) atoms. The van der Waals surface area contributed by atoms with Crippen molar-refractivity contribution in [2.45, 2.75) is 25.9 Å². The number of nitrogens with one attached hydrogen (secondary N) is 1. The minimum absolute atomic E-state index is 0.220. The van der Waals surface area contributed by atoms with Crippen LogP contribution >= 0.6 is 0 Å². The van der Waals surface area contributed by atoms with E-state index in [2.05, 4.69) is 5.32 Å². The Kier molecular flexibility index (Phi) is 8.37. The smallest absolute Gasteiger partial charge is 0.261 e. The summed E-state index contributed by atoms with van der Waals surface area (Å²) in [6.07, 6.45) is 0.377. The lowest BCUT2D eigenvalue weighted by atomic mass is 10.0. The predicted molar refractivity (Wildman–Crippen MR) is 122 cm³/mol. The Balaban J connectivity index is 1.85. The maximum atomic E-state index is 13.3. The number of nitrogens with zero attached hydrogens (tertiary/aromatic N) is 1. The van der Waals surface area contributed by atoms with Crippen LogP contribution in [0.2, 0.25) is 0 Å². The number of benzene rings is 3. The van der Waals surface area contributed by atoms with E-state index in [1.165, 1.54) is 24.3 Å². The Morgan fingerprint density at radius 1 is 0.906 bits per heavy atom. The summed E-state index contributed by atoms with van der Waals surface area (Å²) in [4.78, 5) is 27.8. The fourth-order valence-electron chi connectivity index (χ4n) is 3.38. The SMILES string of the molecule is CCNC(=O)[C@@H](Cc1ccccc1)N(Cc1ccccc1)C(=O)COc1ccc(F)cc1. The first-order chi connectivity index (χ1) is 15.6. The third kappa shape index (κ3) is 6.67. The average molecular weight is 435 g/mol. The fourth-order valence-corrected chi connectivity index (χ4v) is 3.38. The van der Waals surface area contributed by atoms with Gasteiger partial charge in [0.2, 0.25) is 5.91 Å². The molecule has 3 aromatic carbocycles. The van der Waals surface area contributed by atoms with Crippen LogP contribution in [0.5, 0.6) is 5.75 Å². The lowest BCUT2D eigenvalue weighted by Gasteiger charge is -2.31. The maximum Gasteiger partial charge on any atom is 0.261 e. The standard InChI is InChI=1S/C26H27FN2O3/c1-2-28-26(31)24(17-20-9-5-3-6-10-20)29(18-21-11-7-4-8-12-21)25(30)19-32-23-15-13-22(27)14-16-23/h3-16,24H,2,17-19H2,1H3,(H,28,31)/t24-/m1/s1. The normalized spacial score (nSPS) is 11.4. The van der Waals surface area contributed by atoms with Crippen LogP contribution in [0, 0.1) is 5.82 Å². The number of amides is 2. The van der Waals surface area contributed by atoms with Gasteiger partial charge in [-0.05, 0) is 42.3 Å². The van der Waals surface area contributed by atoms with Crippen molar-refractivity contribution in [3.63, 3.8) is 0 Å². The van der Waals surface area contributed by atoms with Crippen molar-refractivity contribution >= 4 is 11.8 Å². The second kappa shape index (κ2) is 11.6. The molecule has 0 fully saturated rings. The van der Waals surface area contributed by atoms with Gasteiger partial charge in [-0.3, -0.25) is 9.59 Å². The van der Waals surface area contributed by atoms with Crippen molar-refractivity contribution in [1.29, 1.82) is 0 Å². The number of ether oxygens (including phenoxy) is 1. The number of likely N-dealkylation sites (N-methyl/N-ethyl adjacent to an activating group) is 1. The van der Waals surface area contributed by atoms with Crippen LogP contribution in [-0.4, -0.2) is 35.9 Å². The van der Waals surface area contributed by atoms with Gasteiger partial charge in [-0.15, -0.1) is 0 Å². The molecule has 0 heterocycles. The van der Waals surface area contributed by atoms with E-state index in [0.29, 0.717) is 18.7 Å². The molecule has 1 atom stereocenters. The van der Waals surface area contributed by atoms with Gasteiger partial charge in [0, 0.05) is 19.5 Å². The third-order valence-electron chi connectivity index (χ3n) is 4.99. The highest BCUT2D eigenvalue weighted by Gasteiger charge is 2.30. The number of hydrogen-bond donors (Lipinski definition) is 1. The lowest BCUT2D eigenvalue weighted by molar-refractivity contribution is -0.142. The second-order valence-corrected chi connectivity index (χ2v) is 7.35. The average Bonchev–Trinajstić information content (AvgIpc) is 2.82. The molecule has 0 saturated heterocycles. The highest BCUT2D eigenvalue weighted by molar-refractivity contribution is 5.88. The van der Waals surface area contributed by atoms with Crippen LogP contribution in [0.3, 0.4) is 0 Å². The first kappa shape index (κ1) is 23.0. The Morgan fingerprint density at radius 2 is 1.50 bits per heavy atom. The summed E-state index contributed by atoms with van der Waals surface area (Å²) in [5, 5.41) is 2.85. The molecule has 166 valence electrons. The minimum Gasteiger partial charge on any atom is -0.484 e. The van der Waals surface area contributed by atoms with E-state index in [1.807, 2.05) is 67.6 Å². The highest BCUT2D eigenvalue weighted by atomic mass is 19.1. The Morgan fingerprint density at radius 3 is 2.09 bits per heavy atom. The summed E-state index contributed by atoms with van der Waals surface area (Å²) >= 11 is 0. The first-order valence-electron chi connectivity index (χ1n) is 10.6. The summed E-state index contributed by atoms with van der Waals surface area (Å²) in [7, 11) is 0.